The number of aromatic amines is 1. The molecule has 0 aliphatic rings. The Morgan fingerprint density at radius 3 is 2.19 bits per heavy atom. The summed E-state index contributed by atoms with van der Waals surface area (Å²) in [5.74, 6) is 0.583. The van der Waals surface area contributed by atoms with Crippen LogP contribution in [0.25, 0.3) is 0 Å². The minimum absolute atomic E-state index is 0.0133. The van der Waals surface area contributed by atoms with Crippen LogP contribution in [0.2, 0.25) is 0 Å². The molecule has 0 radical (unpaired) electrons. The number of non-ortho nitro benzene ring substituents is 1. The van der Waals surface area contributed by atoms with Gasteiger partial charge in [0.05, 0.1) is 11.1 Å². The average Bonchev–Trinajstić information content (AvgIpc) is 3.15. The summed E-state index contributed by atoms with van der Waals surface area (Å²) >= 11 is 0. The van der Waals surface area contributed by atoms with E-state index in [1.165, 1.54) is 93.7 Å². The van der Waals surface area contributed by atoms with Crippen molar-refractivity contribution in [1.29, 1.82) is 0 Å². The second-order valence-electron chi connectivity index (χ2n) is 8.35. The third-order valence-corrected chi connectivity index (χ3v) is 5.62. The number of benzene rings is 1. The molecular weight excluding hydrogens is 406 g/mol. The normalized spacial score (nSPS) is 11.4. The fourth-order valence-corrected chi connectivity index (χ4v) is 3.75. The Hall–Kier alpha value is -2.77. The summed E-state index contributed by atoms with van der Waals surface area (Å²) in [6.45, 7) is 2.25. The van der Waals surface area contributed by atoms with Crippen molar-refractivity contribution in [2.75, 3.05) is 0 Å². The van der Waals surface area contributed by atoms with E-state index in [-0.39, 0.29) is 5.69 Å². The molecule has 2 rings (SSSR count). The quantitative estimate of drug-likeness (QED) is 0.140. The molecular formula is C24H37N5O3. The zero-order chi connectivity index (χ0) is 23.0. The van der Waals surface area contributed by atoms with Gasteiger partial charge < -0.3 is 0 Å². The molecule has 0 bridgehead atoms. The van der Waals surface area contributed by atoms with E-state index in [4.69, 9.17) is 0 Å². The Balaban J connectivity index is 1.64. The molecule has 1 N–H and O–H groups in total. The lowest BCUT2D eigenvalue weighted by molar-refractivity contribution is -0.384. The van der Waals surface area contributed by atoms with Crippen molar-refractivity contribution in [3.8, 4) is 0 Å². The number of hydrogen-bond acceptors (Lipinski definition) is 5. The summed E-state index contributed by atoms with van der Waals surface area (Å²) in [6.07, 6.45) is 18.8. The lowest BCUT2D eigenvalue weighted by Crippen LogP contribution is -2.15. The van der Waals surface area contributed by atoms with Crippen molar-refractivity contribution in [3.05, 3.63) is 56.3 Å². The highest BCUT2D eigenvalue weighted by Crippen LogP contribution is 2.14. The minimum Gasteiger partial charge on any atom is -0.258 e. The molecule has 0 aliphatic heterocycles. The van der Waals surface area contributed by atoms with Gasteiger partial charge in [0, 0.05) is 24.1 Å². The predicted octanol–water partition coefficient (Wildman–Crippen LogP) is 6.00. The summed E-state index contributed by atoms with van der Waals surface area (Å²) in [4.78, 5) is 22.4. The minimum atomic E-state index is -0.457. The Morgan fingerprint density at radius 1 is 1.00 bits per heavy atom. The first-order valence-electron chi connectivity index (χ1n) is 12.1. The molecule has 1 heterocycles. The van der Waals surface area contributed by atoms with Gasteiger partial charge in [-0.1, -0.05) is 96.1 Å². The zero-order valence-corrected chi connectivity index (χ0v) is 19.3. The van der Waals surface area contributed by atoms with Gasteiger partial charge in [-0.05, 0) is 6.42 Å². The van der Waals surface area contributed by atoms with Crippen LogP contribution in [0.4, 0.5) is 5.69 Å². The highest BCUT2D eigenvalue weighted by Gasteiger charge is 2.08. The Morgan fingerprint density at radius 2 is 1.59 bits per heavy atom. The fourth-order valence-electron chi connectivity index (χ4n) is 3.75. The lowest BCUT2D eigenvalue weighted by atomic mass is 10.0. The van der Waals surface area contributed by atoms with Crippen molar-refractivity contribution in [2.45, 2.75) is 96.8 Å². The number of unbranched alkanes of at least 4 members (excludes halogenated alkanes) is 12. The average molecular weight is 444 g/mol. The standard InChI is InChI=1S/C24H37N5O3/c1-2-3-4-5-6-7-8-9-10-11-12-13-14-18-23-26-27-24(30)28(23)25-20-21-16-15-17-22(19-21)29(31)32/h15-17,19-20H,2-14,18H2,1H3,(H,27,30). The number of nitro groups is 1. The monoisotopic (exact) mass is 443 g/mol. The van der Waals surface area contributed by atoms with Gasteiger partial charge in [-0.2, -0.15) is 14.9 Å². The van der Waals surface area contributed by atoms with E-state index in [2.05, 4.69) is 22.2 Å². The van der Waals surface area contributed by atoms with Crippen LogP contribution in [-0.2, 0) is 6.42 Å². The first-order valence-corrected chi connectivity index (χ1v) is 12.1. The summed E-state index contributed by atoms with van der Waals surface area (Å²) in [5, 5.41) is 21.6. The largest absolute Gasteiger partial charge is 0.364 e. The maximum atomic E-state index is 12.0. The second kappa shape index (κ2) is 15.1. The molecule has 0 aliphatic carbocycles. The van der Waals surface area contributed by atoms with Crippen molar-refractivity contribution in [1.82, 2.24) is 14.9 Å². The van der Waals surface area contributed by atoms with Gasteiger partial charge in [0.15, 0.2) is 5.82 Å². The van der Waals surface area contributed by atoms with Crippen molar-refractivity contribution in [3.63, 3.8) is 0 Å². The Bertz CT molecular complexity index is 888. The van der Waals surface area contributed by atoms with E-state index in [1.807, 2.05) is 0 Å². The van der Waals surface area contributed by atoms with Crippen LogP contribution in [-0.4, -0.2) is 26.0 Å². The van der Waals surface area contributed by atoms with E-state index in [1.54, 1.807) is 12.1 Å². The van der Waals surface area contributed by atoms with Crippen LogP contribution >= 0.6 is 0 Å². The molecule has 0 atom stereocenters. The SMILES string of the molecule is CCCCCCCCCCCCCCCc1n[nH]c(=O)n1N=Cc1cccc([N+](=O)[O-])c1. The number of aryl methyl sites for hydroxylation is 1. The first-order chi connectivity index (χ1) is 15.6. The van der Waals surface area contributed by atoms with E-state index >= 15 is 0 Å². The third-order valence-electron chi connectivity index (χ3n) is 5.62. The summed E-state index contributed by atoms with van der Waals surface area (Å²) < 4.78 is 1.24. The summed E-state index contributed by atoms with van der Waals surface area (Å²) in [7, 11) is 0. The number of H-pyrrole nitrogens is 1. The first kappa shape index (κ1) is 25.5. The van der Waals surface area contributed by atoms with Crippen LogP contribution in [0.15, 0.2) is 34.2 Å². The fraction of sp³-hybridized carbons (Fsp3) is 0.625. The molecule has 0 spiro atoms. The van der Waals surface area contributed by atoms with Crippen LogP contribution in [0.1, 0.15) is 102 Å². The topological polar surface area (TPSA) is 106 Å². The summed E-state index contributed by atoms with van der Waals surface area (Å²) in [5.41, 5.74) is 0.135. The number of nitrogens with one attached hydrogen (secondary N) is 1. The number of aromatic nitrogens is 3. The molecule has 2 aromatic rings. The molecule has 0 saturated carbocycles. The van der Waals surface area contributed by atoms with Gasteiger partial charge in [-0.3, -0.25) is 10.1 Å². The van der Waals surface area contributed by atoms with E-state index in [9.17, 15) is 14.9 Å². The Labute approximate surface area is 190 Å². The molecule has 0 fully saturated rings. The predicted molar refractivity (Wildman–Crippen MR) is 128 cm³/mol. The summed E-state index contributed by atoms with van der Waals surface area (Å²) in [6, 6.07) is 6.13. The molecule has 1 aromatic heterocycles. The zero-order valence-electron chi connectivity index (χ0n) is 19.3. The number of nitro benzene ring substituents is 1. The number of rotatable bonds is 17. The highest BCUT2D eigenvalue weighted by atomic mass is 16.6. The van der Waals surface area contributed by atoms with Crippen LogP contribution in [0.3, 0.4) is 0 Å². The molecule has 8 nitrogen and oxygen atoms in total. The van der Waals surface area contributed by atoms with Gasteiger partial charge in [-0.15, -0.1) is 0 Å². The molecule has 1 aromatic carbocycles. The van der Waals surface area contributed by atoms with Gasteiger partial charge in [0.1, 0.15) is 0 Å². The maximum absolute atomic E-state index is 12.0. The van der Waals surface area contributed by atoms with E-state index in [0.29, 0.717) is 17.8 Å². The molecule has 0 unspecified atom stereocenters. The van der Waals surface area contributed by atoms with Gasteiger partial charge >= 0.3 is 5.69 Å². The van der Waals surface area contributed by atoms with Crippen molar-refractivity contribution in [2.24, 2.45) is 5.10 Å². The molecule has 32 heavy (non-hydrogen) atoms. The van der Waals surface area contributed by atoms with Gasteiger partial charge in [-0.25, -0.2) is 9.89 Å². The van der Waals surface area contributed by atoms with Gasteiger partial charge in [0.25, 0.3) is 5.69 Å². The number of hydrogen-bond donors (Lipinski definition) is 1. The molecule has 0 amide bonds. The maximum Gasteiger partial charge on any atom is 0.364 e. The van der Waals surface area contributed by atoms with Crippen molar-refractivity contribution >= 4 is 11.9 Å². The van der Waals surface area contributed by atoms with Gasteiger partial charge in [0.2, 0.25) is 0 Å². The Kier molecular flexibility index (Phi) is 12.0. The molecule has 0 saturated heterocycles. The lowest BCUT2D eigenvalue weighted by Gasteiger charge is -2.03. The molecule has 176 valence electrons. The smallest absolute Gasteiger partial charge is 0.258 e. The van der Waals surface area contributed by atoms with Crippen LogP contribution in [0.5, 0.6) is 0 Å². The molecule has 8 heteroatoms. The number of nitrogens with zero attached hydrogens (tertiary/aromatic N) is 4. The van der Waals surface area contributed by atoms with E-state index < -0.39 is 10.6 Å². The van der Waals surface area contributed by atoms with E-state index in [0.717, 1.165) is 12.8 Å². The van der Waals surface area contributed by atoms with Crippen molar-refractivity contribution < 1.29 is 4.92 Å². The second-order valence-corrected chi connectivity index (χ2v) is 8.35. The third kappa shape index (κ3) is 9.58. The van der Waals surface area contributed by atoms with Crippen LogP contribution in [0, 0.1) is 10.1 Å². The highest BCUT2D eigenvalue weighted by molar-refractivity contribution is 5.80. The van der Waals surface area contributed by atoms with Crippen LogP contribution < -0.4 is 5.69 Å².